The molecule has 0 saturated heterocycles. The van der Waals surface area contributed by atoms with Crippen molar-refractivity contribution in [3.8, 4) is 0 Å². The number of nitrogens with one attached hydrogen (secondary N) is 1. The van der Waals surface area contributed by atoms with Crippen molar-refractivity contribution >= 4 is 5.96 Å². The molecule has 0 aromatic heterocycles. The van der Waals surface area contributed by atoms with E-state index in [0.29, 0.717) is 18.9 Å². The van der Waals surface area contributed by atoms with Crippen molar-refractivity contribution in [2.24, 2.45) is 16.8 Å². The SMILES string of the molecule is CN=C(NCCCOCC(F)(F)F)N(C)CC1CCC(C)CC1. The standard InChI is InChI=1S/C16H30F3N3O/c1-13-5-7-14(8-6-13)11-22(3)15(20-2)21-9-4-10-23-12-16(17,18)19/h13-14H,4-12H2,1-3H3,(H,20,21). The highest BCUT2D eigenvalue weighted by Crippen LogP contribution is 2.28. The molecule has 4 nitrogen and oxygen atoms in total. The molecule has 7 heteroatoms. The average molecular weight is 337 g/mol. The number of alkyl halides is 3. The molecule has 0 aromatic carbocycles. The number of ether oxygens (including phenoxy) is 1. The maximum absolute atomic E-state index is 11.9. The number of rotatable bonds is 7. The summed E-state index contributed by atoms with van der Waals surface area (Å²) >= 11 is 0. The van der Waals surface area contributed by atoms with Crippen LogP contribution in [0.4, 0.5) is 13.2 Å². The Hall–Kier alpha value is -0.980. The molecule has 0 spiro atoms. The van der Waals surface area contributed by atoms with E-state index in [9.17, 15) is 13.2 Å². The summed E-state index contributed by atoms with van der Waals surface area (Å²) in [5, 5.41) is 3.18. The summed E-state index contributed by atoms with van der Waals surface area (Å²) in [4.78, 5) is 6.34. The van der Waals surface area contributed by atoms with Crippen LogP contribution in [0.15, 0.2) is 4.99 Å². The minimum Gasteiger partial charge on any atom is -0.372 e. The summed E-state index contributed by atoms with van der Waals surface area (Å²) in [5.41, 5.74) is 0. The van der Waals surface area contributed by atoms with Crippen LogP contribution in [0, 0.1) is 11.8 Å². The Bertz CT molecular complexity index is 353. The number of guanidine groups is 1. The van der Waals surface area contributed by atoms with Crippen molar-refractivity contribution < 1.29 is 17.9 Å². The van der Waals surface area contributed by atoms with Crippen LogP contribution in [0.2, 0.25) is 0 Å². The molecule has 1 rings (SSSR count). The van der Waals surface area contributed by atoms with E-state index >= 15 is 0 Å². The Morgan fingerprint density at radius 3 is 2.48 bits per heavy atom. The first-order chi connectivity index (χ1) is 10.8. The monoisotopic (exact) mass is 337 g/mol. The van der Waals surface area contributed by atoms with Crippen LogP contribution in [-0.4, -0.2) is 57.4 Å². The molecule has 0 heterocycles. The quantitative estimate of drug-likeness (QED) is 0.440. The Morgan fingerprint density at radius 1 is 1.26 bits per heavy atom. The zero-order valence-corrected chi connectivity index (χ0v) is 14.5. The highest BCUT2D eigenvalue weighted by atomic mass is 19.4. The van der Waals surface area contributed by atoms with E-state index in [1.165, 1.54) is 25.7 Å². The van der Waals surface area contributed by atoms with Gasteiger partial charge < -0.3 is 15.0 Å². The zero-order valence-electron chi connectivity index (χ0n) is 14.5. The van der Waals surface area contributed by atoms with Crippen molar-refractivity contribution in [1.82, 2.24) is 10.2 Å². The minimum absolute atomic E-state index is 0.0910. The van der Waals surface area contributed by atoms with Crippen molar-refractivity contribution in [1.29, 1.82) is 0 Å². The van der Waals surface area contributed by atoms with Gasteiger partial charge in [-0.2, -0.15) is 13.2 Å². The summed E-state index contributed by atoms with van der Waals surface area (Å²) in [6.45, 7) is 2.74. The van der Waals surface area contributed by atoms with Gasteiger partial charge in [-0.05, 0) is 31.1 Å². The van der Waals surface area contributed by atoms with Crippen LogP contribution in [0.3, 0.4) is 0 Å². The van der Waals surface area contributed by atoms with E-state index < -0.39 is 12.8 Å². The van der Waals surface area contributed by atoms with Gasteiger partial charge in [0.25, 0.3) is 0 Å². The van der Waals surface area contributed by atoms with Gasteiger partial charge in [0.2, 0.25) is 0 Å². The Labute approximate surface area is 137 Å². The molecule has 0 radical (unpaired) electrons. The molecule has 136 valence electrons. The van der Waals surface area contributed by atoms with Gasteiger partial charge >= 0.3 is 6.18 Å². The van der Waals surface area contributed by atoms with Crippen molar-refractivity contribution in [3.63, 3.8) is 0 Å². The largest absolute Gasteiger partial charge is 0.411 e. The molecule has 1 aliphatic rings. The average Bonchev–Trinajstić information content (AvgIpc) is 2.47. The van der Waals surface area contributed by atoms with Crippen LogP contribution in [-0.2, 0) is 4.74 Å². The lowest BCUT2D eigenvalue weighted by Gasteiger charge is -2.31. The van der Waals surface area contributed by atoms with Gasteiger partial charge in [-0.25, -0.2) is 0 Å². The molecule has 1 aliphatic carbocycles. The fraction of sp³-hybridized carbons (Fsp3) is 0.938. The minimum atomic E-state index is -4.25. The smallest absolute Gasteiger partial charge is 0.372 e. The van der Waals surface area contributed by atoms with Gasteiger partial charge in [-0.15, -0.1) is 0 Å². The fourth-order valence-corrected chi connectivity index (χ4v) is 2.93. The van der Waals surface area contributed by atoms with E-state index in [2.05, 4.69) is 26.9 Å². The lowest BCUT2D eigenvalue weighted by atomic mass is 9.83. The van der Waals surface area contributed by atoms with E-state index in [1.54, 1.807) is 7.05 Å². The first-order valence-electron chi connectivity index (χ1n) is 8.38. The number of aliphatic imine (C=N–C) groups is 1. The molecular weight excluding hydrogens is 307 g/mol. The van der Waals surface area contributed by atoms with Crippen LogP contribution in [0.25, 0.3) is 0 Å². The zero-order chi connectivity index (χ0) is 17.3. The first-order valence-corrected chi connectivity index (χ1v) is 8.38. The van der Waals surface area contributed by atoms with Gasteiger partial charge in [0.1, 0.15) is 6.61 Å². The third-order valence-electron chi connectivity index (χ3n) is 4.26. The molecule has 1 N–H and O–H groups in total. The van der Waals surface area contributed by atoms with E-state index in [-0.39, 0.29) is 6.61 Å². The first kappa shape index (κ1) is 20.1. The van der Waals surface area contributed by atoms with Crippen molar-refractivity contribution in [2.75, 3.05) is 40.4 Å². The lowest BCUT2D eigenvalue weighted by Crippen LogP contribution is -2.42. The summed E-state index contributed by atoms with van der Waals surface area (Å²) < 4.78 is 40.4. The highest BCUT2D eigenvalue weighted by Gasteiger charge is 2.27. The molecule has 0 bridgehead atoms. The summed E-state index contributed by atoms with van der Waals surface area (Å²) in [6.07, 6.45) is 1.37. The topological polar surface area (TPSA) is 36.9 Å². The number of hydrogen-bond donors (Lipinski definition) is 1. The molecule has 0 atom stereocenters. The summed E-state index contributed by atoms with van der Waals surface area (Å²) in [6, 6.07) is 0. The van der Waals surface area contributed by atoms with E-state index in [1.807, 2.05) is 7.05 Å². The second kappa shape index (κ2) is 10.0. The van der Waals surface area contributed by atoms with E-state index in [0.717, 1.165) is 18.4 Å². The van der Waals surface area contributed by atoms with Crippen LogP contribution < -0.4 is 5.32 Å². The second-order valence-corrected chi connectivity index (χ2v) is 6.50. The molecule has 0 aliphatic heterocycles. The fourth-order valence-electron chi connectivity index (χ4n) is 2.93. The molecule has 1 saturated carbocycles. The van der Waals surface area contributed by atoms with Crippen LogP contribution >= 0.6 is 0 Å². The molecule has 23 heavy (non-hydrogen) atoms. The van der Waals surface area contributed by atoms with E-state index in [4.69, 9.17) is 0 Å². The van der Waals surface area contributed by atoms with Crippen LogP contribution in [0.5, 0.6) is 0 Å². The molecular formula is C16H30F3N3O. The second-order valence-electron chi connectivity index (χ2n) is 6.50. The van der Waals surface area contributed by atoms with Crippen LogP contribution in [0.1, 0.15) is 39.0 Å². The molecule has 1 fully saturated rings. The predicted octanol–water partition coefficient (Wildman–Crippen LogP) is 3.29. The summed E-state index contributed by atoms with van der Waals surface area (Å²) in [5.74, 6) is 2.33. The third kappa shape index (κ3) is 9.03. The third-order valence-corrected chi connectivity index (χ3v) is 4.26. The number of nitrogens with zero attached hydrogens (tertiary/aromatic N) is 2. The summed E-state index contributed by atoms with van der Waals surface area (Å²) in [7, 11) is 3.73. The van der Waals surface area contributed by atoms with Gasteiger partial charge in [0, 0.05) is 33.8 Å². The van der Waals surface area contributed by atoms with Gasteiger partial charge in [0.15, 0.2) is 5.96 Å². The molecule has 0 aromatic rings. The Morgan fingerprint density at radius 2 is 1.91 bits per heavy atom. The van der Waals surface area contributed by atoms with Gasteiger partial charge in [-0.1, -0.05) is 19.8 Å². The van der Waals surface area contributed by atoms with Crippen molar-refractivity contribution in [2.45, 2.75) is 45.2 Å². The predicted molar refractivity (Wildman–Crippen MR) is 86.6 cm³/mol. The van der Waals surface area contributed by atoms with Gasteiger partial charge in [0.05, 0.1) is 0 Å². The highest BCUT2D eigenvalue weighted by molar-refractivity contribution is 5.79. The number of halogens is 3. The maximum Gasteiger partial charge on any atom is 0.411 e. The van der Waals surface area contributed by atoms with Crippen molar-refractivity contribution in [3.05, 3.63) is 0 Å². The number of hydrogen-bond acceptors (Lipinski definition) is 2. The Balaban J connectivity index is 2.18. The maximum atomic E-state index is 11.9. The normalized spacial score (nSPS) is 23.0. The molecule has 0 amide bonds. The molecule has 0 unspecified atom stereocenters. The Kier molecular flexibility index (Phi) is 8.73. The lowest BCUT2D eigenvalue weighted by molar-refractivity contribution is -0.173. The van der Waals surface area contributed by atoms with Gasteiger partial charge in [-0.3, -0.25) is 4.99 Å².